The van der Waals surface area contributed by atoms with E-state index in [-0.39, 0.29) is 12.4 Å². The number of hydrogen-bond donors (Lipinski definition) is 0. The molecule has 0 saturated heterocycles. The van der Waals surface area contributed by atoms with Crippen molar-refractivity contribution in [1.82, 2.24) is 5.16 Å². The van der Waals surface area contributed by atoms with Crippen molar-refractivity contribution in [2.45, 2.75) is 13.5 Å². The zero-order valence-corrected chi connectivity index (χ0v) is 13.1. The fraction of sp³-hybridized carbons (Fsp3) is 0.167. The first-order valence-corrected chi connectivity index (χ1v) is 7.47. The molecule has 3 rings (SSSR count). The number of hydrogen-bond acceptors (Lipinski definition) is 5. The molecule has 0 aliphatic rings. The molecule has 1 heterocycles. The minimum absolute atomic E-state index is 0.240. The lowest BCUT2D eigenvalue weighted by Crippen LogP contribution is -1.94. The van der Waals surface area contributed by atoms with Gasteiger partial charge < -0.3 is 18.7 Å². The summed E-state index contributed by atoms with van der Waals surface area (Å²) in [5, 5.41) is 3.76. The second-order valence-electron chi connectivity index (χ2n) is 4.88. The zero-order valence-electron chi connectivity index (χ0n) is 13.1. The van der Waals surface area contributed by atoms with Gasteiger partial charge in [0.2, 0.25) is 0 Å². The van der Waals surface area contributed by atoms with Crippen LogP contribution in [0.15, 0.2) is 59.1 Å². The predicted octanol–water partition coefficient (Wildman–Crippen LogP) is 4.58. The van der Waals surface area contributed by atoms with Gasteiger partial charge in [0.05, 0.1) is 6.61 Å². The van der Waals surface area contributed by atoms with E-state index in [9.17, 15) is 4.39 Å². The first kappa shape index (κ1) is 15.9. The number of halogens is 1. The third-order valence-electron chi connectivity index (χ3n) is 3.07. The van der Waals surface area contributed by atoms with Crippen LogP contribution in [0, 0.1) is 5.82 Å². The van der Waals surface area contributed by atoms with Crippen molar-refractivity contribution in [1.29, 1.82) is 0 Å². The Labute approximate surface area is 138 Å². The second-order valence-corrected chi connectivity index (χ2v) is 4.88. The number of aromatic nitrogens is 1. The van der Waals surface area contributed by atoms with Crippen LogP contribution < -0.4 is 14.2 Å². The predicted molar refractivity (Wildman–Crippen MR) is 84.9 cm³/mol. The van der Waals surface area contributed by atoms with Crippen LogP contribution in [-0.2, 0) is 6.61 Å². The van der Waals surface area contributed by atoms with Gasteiger partial charge in [-0.05, 0) is 48.5 Å². The summed E-state index contributed by atoms with van der Waals surface area (Å²) in [7, 11) is 0. The number of benzene rings is 2. The van der Waals surface area contributed by atoms with Crippen molar-refractivity contribution < 1.29 is 23.1 Å². The van der Waals surface area contributed by atoms with Crippen molar-refractivity contribution in [2.75, 3.05) is 6.61 Å². The minimum Gasteiger partial charge on any atom is -0.486 e. The third-order valence-corrected chi connectivity index (χ3v) is 3.07. The van der Waals surface area contributed by atoms with E-state index in [2.05, 4.69) is 5.16 Å². The molecule has 0 fully saturated rings. The Morgan fingerprint density at radius 3 is 2.50 bits per heavy atom. The van der Waals surface area contributed by atoms with Gasteiger partial charge in [0.15, 0.2) is 5.76 Å². The highest BCUT2D eigenvalue weighted by Crippen LogP contribution is 2.25. The van der Waals surface area contributed by atoms with E-state index in [4.69, 9.17) is 18.7 Å². The number of ether oxygens (including phenoxy) is 3. The van der Waals surface area contributed by atoms with Crippen LogP contribution in [0.4, 0.5) is 4.39 Å². The Bertz CT molecular complexity index is 786. The van der Waals surface area contributed by atoms with E-state index in [1.54, 1.807) is 42.5 Å². The molecule has 0 aliphatic heterocycles. The van der Waals surface area contributed by atoms with E-state index < -0.39 is 0 Å². The molecule has 1 aromatic heterocycles. The summed E-state index contributed by atoms with van der Waals surface area (Å²) in [5.41, 5.74) is 0. The van der Waals surface area contributed by atoms with Crippen LogP contribution in [0.3, 0.4) is 0 Å². The van der Waals surface area contributed by atoms with Gasteiger partial charge in [-0.1, -0.05) is 6.07 Å². The molecule has 3 aromatic rings. The Morgan fingerprint density at radius 1 is 0.958 bits per heavy atom. The molecule has 124 valence electrons. The molecule has 0 amide bonds. The van der Waals surface area contributed by atoms with Crippen LogP contribution in [0.5, 0.6) is 23.1 Å². The highest BCUT2D eigenvalue weighted by Gasteiger charge is 2.06. The molecule has 0 radical (unpaired) electrons. The van der Waals surface area contributed by atoms with E-state index in [1.807, 2.05) is 6.92 Å². The highest BCUT2D eigenvalue weighted by molar-refractivity contribution is 5.35. The minimum atomic E-state index is -0.342. The maximum absolute atomic E-state index is 13.1. The molecule has 2 aromatic carbocycles. The smallest absolute Gasteiger partial charge is 0.254 e. The number of nitrogens with zero attached hydrogens (tertiary/aromatic N) is 1. The lowest BCUT2D eigenvalue weighted by Gasteiger charge is -2.07. The van der Waals surface area contributed by atoms with E-state index in [0.29, 0.717) is 35.5 Å². The lowest BCUT2D eigenvalue weighted by molar-refractivity contribution is 0.240. The Balaban J connectivity index is 1.56. The molecule has 5 nitrogen and oxygen atoms in total. The van der Waals surface area contributed by atoms with Gasteiger partial charge >= 0.3 is 0 Å². The molecule has 0 saturated carbocycles. The number of rotatable bonds is 7. The maximum atomic E-state index is 13.1. The highest BCUT2D eigenvalue weighted by atomic mass is 19.1. The van der Waals surface area contributed by atoms with Crippen LogP contribution >= 0.6 is 0 Å². The van der Waals surface area contributed by atoms with Crippen molar-refractivity contribution in [3.8, 4) is 23.1 Å². The van der Waals surface area contributed by atoms with Crippen molar-refractivity contribution >= 4 is 0 Å². The molecule has 0 unspecified atom stereocenters. The summed E-state index contributed by atoms with van der Waals surface area (Å²) in [6.07, 6.45) is 0. The van der Waals surface area contributed by atoms with Gasteiger partial charge in [0, 0.05) is 12.1 Å². The monoisotopic (exact) mass is 329 g/mol. The molecular formula is C18H16FNO4. The fourth-order valence-electron chi connectivity index (χ4n) is 2.00. The molecule has 6 heteroatoms. The molecule has 0 spiro atoms. The molecule has 0 bridgehead atoms. The zero-order chi connectivity index (χ0) is 16.8. The van der Waals surface area contributed by atoms with Crippen LogP contribution in [0.25, 0.3) is 0 Å². The van der Waals surface area contributed by atoms with Crippen LogP contribution in [0.2, 0.25) is 0 Å². The van der Waals surface area contributed by atoms with E-state index in [1.165, 1.54) is 12.1 Å². The fourth-order valence-corrected chi connectivity index (χ4v) is 2.00. The van der Waals surface area contributed by atoms with Gasteiger partial charge in [0.1, 0.15) is 29.7 Å². The normalized spacial score (nSPS) is 10.4. The summed E-state index contributed by atoms with van der Waals surface area (Å²) >= 11 is 0. The molecule has 24 heavy (non-hydrogen) atoms. The second kappa shape index (κ2) is 7.50. The van der Waals surface area contributed by atoms with Gasteiger partial charge in [-0.2, -0.15) is 0 Å². The van der Waals surface area contributed by atoms with Crippen molar-refractivity contribution in [3.05, 3.63) is 66.2 Å². The average Bonchev–Trinajstić information content (AvgIpc) is 3.02. The average molecular weight is 329 g/mol. The Hall–Kier alpha value is -3.02. The topological polar surface area (TPSA) is 53.7 Å². The molecule has 0 N–H and O–H groups in total. The van der Waals surface area contributed by atoms with Crippen LogP contribution in [0.1, 0.15) is 12.7 Å². The summed E-state index contributed by atoms with van der Waals surface area (Å²) in [6.45, 7) is 2.64. The summed E-state index contributed by atoms with van der Waals surface area (Å²) < 4.78 is 34.6. The first-order chi connectivity index (χ1) is 11.7. The first-order valence-electron chi connectivity index (χ1n) is 7.47. The Morgan fingerprint density at radius 2 is 1.75 bits per heavy atom. The summed E-state index contributed by atoms with van der Waals surface area (Å²) in [6, 6.07) is 14.7. The van der Waals surface area contributed by atoms with Gasteiger partial charge in [0.25, 0.3) is 5.88 Å². The van der Waals surface area contributed by atoms with E-state index >= 15 is 0 Å². The lowest BCUT2D eigenvalue weighted by atomic mass is 10.3. The third kappa shape index (κ3) is 4.25. The summed E-state index contributed by atoms with van der Waals surface area (Å²) in [4.78, 5) is 0. The Kier molecular flexibility index (Phi) is 4.96. The maximum Gasteiger partial charge on any atom is 0.254 e. The SMILES string of the molecule is CCOc1cc(COc2ccc(Oc3cccc(F)c3)cc2)on1. The summed E-state index contributed by atoms with van der Waals surface area (Å²) in [5.74, 6) is 2.34. The molecular weight excluding hydrogens is 313 g/mol. The van der Waals surface area contributed by atoms with Crippen molar-refractivity contribution in [2.24, 2.45) is 0 Å². The molecule has 0 atom stereocenters. The van der Waals surface area contributed by atoms with Gasteiger partial charge in [-0.25, -0.2) is 4.39 Å². The quantitative estimate of drug-likeness (QED) is 0.635. The van der Waals surface area contributed by atoms with Gasteiger partial charge in [-0.15, -0.1) is 0 Å². The van der Waals surface area contributed by atoms with E-state index in [0.717, 1.165) is 0 Å². The largest absolute Gasteiger partial charge is 0.486 e. The van der Waals surface area contributed by atoms with Crippen LogP contribution in [-0.4, -0.2) is 11.8 Å². The molecule has 0 aliphatic carbocycles. The standard InChI is InChI=1S/C18H16FNO4/c1-2-21-18-11-17(24-20-18)12-22-14-6-8-15(9-7-14)23-16-5-3-4-13(19)10-16/h3-11H,2,12H2,1H3. The van der Waals surface area contributed by atoms with Gasteiger partial charge in [-0.3, -0.25) is 0 Å². The van der Waals surface area contributed by atoms with Crippen molar-refractivity contribution in [3.63, 3.8) is 0 Å².